The Morgan fingerprint density at radius 2 is 1.62 bits per heavy atom. The lowest BCUT2D eigenvalue weighted by Crippen LogP contribution is -2.55. The topological polar surface area (TPSA) is 96.0 Å². The van der Waals surface area contributed by atoms with Crippen molar-refractivity contribution in [1.82, 2.24) is 10.2 Å². The van der Waals surface area contributed by atoms with Gasteiger partial charge in [-0.2, -0.15) is 0 Å². The number of benzene rings is 3. The Morgan fingerprint density at radius 3 is 2.26 bits per heavy atom. The van der Waals surface area contributed by atoms with Crippen LogP contribution in [0.2, 0.25) is 0 Å². The summed E-state index contributed by atoms with van der Waals surface area (Å²) >= 11 is 0. The smallest absolute Gasteiger partial charge is 0.244 e. The standard InChI is InChI=1S/C32H38FN3O5S/c1-41-29-15-9-12-25(20-29)22-35(31(37)23-36(42(2,39)40)28-18-16-26(33)17-19-28)30(21-24-10-5-3-6-11-24)32(38)34-27-13-7-4-8-14-27/h3,5-6,9-12,15-20,27,30H,4,7-8,13-14,21-23H2,1-2H3,(H,34,38)/t30-/m0/s1. The highest BCUT2D eigenvalue weighted by Crippen LogP contribution is 2.23. The molecule has 0 heterocycles. The summed E-state index contributed by atoms with van der Waals surface area (Å²) in [5.41, 5.74) is 1.74. The van der Waals surface area contributed by atoms with Crippen LogP contribution in [-0.4, -0.2) is 57.1 Å². The number of ether oxygens (including phenoxy) is 1. The molecule has 10 heteroatoms. The summed E-state index contributed by atoms with van der Waals surface area (Å²) in [7, 11) is -2.38. The molecule has 1 saturated carbocycles. The lowest BCUT2D eigenvalue weighted by Gasteiger charge is -2.35. The summed E-state index contributed by atoms with van der Waals surface area (Å²) in [4.78, 5) is 29.6. The van der Waals surface area contributed by atoms with Crippen molar-refractivity contribution in [1.29, 1.82) is 0 Å². The monoisotopic (exact) mass is 595 g/mol. The zero-order chi connectivity index (χ0) is 30.1. The fourth-order valence-corrected chi connectivity index (χ4v) is 6.14. The number of hydrogen-bond acceptors (Lipinski definition) is 5. The number of sulfonamides is 1. The van der Waals surface area contributed by atoms with Gasteiger partial charge in [-0.1, -0.05) is 61.7 Å². The first-order valence-corrected chi connectivity index (χ1v) is 16.0. The van der Waals surface area contributed by atoms with E-state index in [1.807, 2.05) is 36.4 Å². The van der Waals surface area contributed by atoms with E-state index in [4.69, 9.17) is 4.74 Å². The van der Waals surface area contributed by atoms with E-state index in [1.54, 1.807) is 25.3 Å². The van der Waals surface area contributed by atoms with Crippen LogP contribution in [0.15, 0.2) is 78.9 Å². The zero-order valence-electron chi connectivity index (χ0n) is 24.0. The van der Waals surface area contributed by atoms with Crippen molar-refractivity contribution in [3.05, 3.63) is 95.8 Å². The van der Waals surface area contributed by atoms with Gasteiger partial charge in [-0.25, -0.2) is 12.8 Å². The third kappa shape index (κ3) is 8.55. The maximum atomic E-state index is 14.2. The molecule has 0 radical (unpaired) electrons. The van der Waals surface area contributed by atoms with Crippen LogP contribution in [-0.2, 0) is 32.6 Å². The number of anilines is 1. The summed E-state index contributed by atoms with van der Waals surface area (Å²) < 4.78 is 45.6. The summed E-state index contributed by atoms with van der Waals surface area (Å²) in [6.45, 7) is -0.511. The van der Waals surface area contributed by atoms with Crippen LogP contribution in [0.5, 0.6) is 5.75 Å². The molecule has 0 saturated heterocycles. The van der Waals surface area contributed by atoms with Crippen LogP contribution in [0, 0.1) is 5.82 Å². The van der Waals surface area contributed by atoms with E-state index >= 15 is 0 Å². The number of nitrogens with zero attached hydrogens (tertiary/aromatic N) is 2. The number of carbonyl (C=O) groups excluding carboxylic acids is 2. The first-order valence-electron chi connectivity index (χ1n) is 14.1. The van der Waals surface area contributed by atoms with Crippen molar-refractivity contribution in [2.45, 2.75) is 57.2 Å². The highest BCUT2D eigenvalue weighted by atomic mass is 32.2. The molecule has 0 spiro atoms. The fourth-order valence-electron chi connectivity index (χ4n) is 5.29. The normalized spacial score (nSPS) is 14.5. The second-order valence-corrected chi connectivity index (χ2v) is 12.6. The van der Waals surface area contributed by atoms with Gasteiger partial charge in [0.1, 0.15) is 24.2 Å². The molecule has 1 fully saturated rings. The average Bonchev–Trinajstić information content (AvgIpc) is 2.98. The molecule has 1 aliphatic carbocycles. The third-order valence-electron chi connectivity index (χ3n) is 7.50. The summed E-state index contributed by atoms with van der Waals surface area (Å²) in [6, 6.07) is 20.6. The number of hydrogen-bond donors (Lipinski definition) is 1. The Hall–Kier alpha value is -3.92. The van der Waals surface area contributed by atoms with Gasteiger partial charge >= 0.3 is 0 Å². The van der Waals surface area contributed by atoms with E-state index in [9.17, 15) is 22.4 Å². The van der Waals surface area contributed by atoms with Crippen molar-refractivity contribution in [2.24, 2.45) is 0 Å². The molecule has 224 valence electrons. The number of halogens is 1. The second-order valence-electron chi connectivity index (χ2n) is 10.7. The SMILES string of the molecule is COc1cccc(CN(C(=O)CN(c2ccc(F)cc2)S(C)(=O)=O)[C@@H](Cc2ccccc2)C(=O)NC2CCCCC2)c1. The van der Waals surface area contributed by atoms with Crippen molar-refractivity contribution in [3.63, 3.8) is 0 Å². The molecular formula is C32H38FN3O5S. The lowest BCUT2D eigenvalue weighted by atomic mass is 9.94. The quantitative estimate of drug-likeness (QED) is 0.328. The molecule has 3 aromatic carbocycles. The largest absolute Gasteiger partial charge is 0.497 e. The highest BCUT2D eigenvalue weighted by molar-refractivity contribution is 7.92. The summed E-state index contributed by atoms with van der Waals surface area (Å²) in [5, 5.41) is 3.17. The van der Waals surface area contributed by atoms with Gasteiger partial charge in [0.25, 0.3) is 0 Å². The summed E-state index contributed by atoms with van der Waals surface area (Å²) in [6.07, 6.45) is 6.17. The van der Waals surface area contributed by atoms with Crippen LogP contribution in [0.4, 0.5) is 10.1 Å². The van der Waals surface area contributed by atoms with Gasteiger partial charge in [-0.15, -0.1) is 0 Å². The molecule has 1 aliphatic rings. The van der Waals surface area contributed by atoms with E-state index in [1.165, 1.54) is 17.0 Å². The van der Waals surface area contributed by atoms with E-state index in [-0.39, 0.29) is 30.6 Å². The lowest BCUT2D eigenvalue weighted by molar-refractivity contribution is -0.140. The predicted octanol–water partition coefficient (Wildman–Crippen LogP) is 4.69. The Balaban J connectivity index is 1.72. The second kappa shape index (κ2) is 14.3. The Kier molecular flexibility index (Phi) is 10.6. The average molecular weight is 596 g/mol. The number of carbonyl (C=O) groups is 2. The molecule has 1 atom stereocenters. The zero-order valence-corrected chi connectivity index (χ0v) is 24.9. The van der Waals surface area contributed by atoms with Crippen LogP contribution in [0.1, 0.15) is 43.2 Å². The molecule has 2 amide bonds. The van der Waals surface area contributed by atoms with Gasteiger partial charge in [-0.3, -0.25) is 13.9 Å². The van der Waals surface area contributed by atoms with E-state index in [0.717, 1.165) is 65.9 Å². The Labute approximate surface area is 247 Å². The van der Waals surface area contributed by atoms with Gasteiger partial charge in [-0.05, 0) is 60.4 Å². The van der Waals surface area contributed by atoms with E-state index < -0.39 is 34.3 Å². The van der Waals surface area contributed by atoms with Crippen LogP contribution < -0.4 is 14.4 Å². The molecule has 4 rings (SSSR count). The molecule has 1 N–H and O–H groups in total. The fraction of sp³-hybridized carbons (Fsp3) is 0.375. The van der Waals surface area contributed by atoms with Crippen molar-refractivity contribution in [3.8, 4) is 5.75 Å². The van der Waals surface area contributed by atoms with Gasteiger partial charge in [0.15, 0.2) is 0 Å². The Bertz CT molecular complexity index is 1440. The molecule has 0 aromatic heterocycles. The number of rotatable bonds is 12. The molecule has 0 aliphatic heterocycles. The van der Waals surface area contributed by atoms with Crippen molar-refractivity contribution in [2.75, 3.05) is 24.2 Å². The van der Waals surface area contributed by atoms with E-state index in [0.29, 0.717) is 5.75 Å². The van der Waals surface area contributed by atoms with Gasteiger partial charge < -0.3 is 15.0 Å². The minimum atomic E-state index is -3.93. The first-order chi connectivity index (χ1) is 20.1. The van der Waals surface area contributed by atoms with Gasteiger partial charge in [0.05, 0.1) is 19.1 Å². The number of methoxy groups -OCH3 is 1. The predicted molar refractivity (Wildman–Crippen MR) is 161 cm³/mol. The van der Waals surface area contributed by atoms with Crippen LogP contribution >= 0.6 is 0 Å². The van der Waals surface area contributed by atoms with Gasteiger partial charge in [0.2, 0.25) is 21.8 Å². The molecule has 3 aromatic rings. The van der Waals surface area contributed by atoms with Gasteiger partial charge in [0, 0.05) is 19.0 Å². The van der Waals surface area contributed by atoms with Crippen molar-refractivity contribution < 1.29 is 27.1 Å². The van der Waals surface area contributed by atoms with Crippen molar-refractivity contribution >= 4 is 27.5 Å². The van der Waals surface area contributed by atoms with Crippen LogP contribution in [0.3, 0.4) is 0 Å². The first kappa shape index (κ1) is 31.0. The molecule has 0 unspecified atom stereocenters. The number of nitrogens with one attached hydrogen (secondary N) is 1. The summed E-state index contributed by atoms with van der Waals surface area (Å²) in [5.74, 6) is -0.780. The minimum absolute atomic E-state index is 0.0185. The Morgan fingerprint density at radius 1 is 0.952 bits per heavy atom. The van der Waals surface area contributed by atoms with Crippen LogP contribution in [0.25, 0.3) is 0 Å². The maximum absolute atomic E-state index is 14.2. The minimum Gasteiger partial charge on any atom is -0.497 e. The molecular weight excluding hydrogens is 557 g/mol. The maximum Gasteiger partial charge on any atom is 0.244 e. The molecule has 0 bridgehead atoms. The molecule has 8 nitrogen and oxygen atoms in total. The highest BCUT2D eigenvalue weighted by Gasteiger charge is 2.34. The number of amides is 2. The third-order valence-corrected chi connectivity index (χ3v) is 8.64. The molecule has 42 heavy (non-hydrogen) atoms. The van der Waals surface area contributed by atoms with E-state index in [2.05, 4.69) is 5.32 Å².